The summed E-state index contributed by atoms with van der Waals surface area (Å²) in [5, 5.41) is 0. The number of carbonyl (C=O) groups is 1. The molecule has 32 heavy (non-hydrogen) atoms. The summed E-state index contributed by atoms with van der Waals surface area (Å²) in [6.07, 6.45) is 0. The van der Waals surface area contributed by atoms with Crippen molar-refractivity contribution in [3.8, 4) is 11.5 Å². The monoisotopic (exact) mass is 454 g/mol. The van der Waals surface area contributed by atoms with E-state index in [4.69, 9.17) is 18.6 Å². The molecule has 0 aliphatic rings. The van der Waals surface area contributed by atoms with Crippen LogP contribution in [0.25, 0.3) is 0 Å². The lowest BCUT2D eigenvalue weighted by Crippen LogP contribution is -2.10. The van der Waals surface area contributed by atoms with Crippen molar-refractivity contribution in [1.29, 1.82) is 0 Å². The molecule has 0 fully saturated rings. The Hall–Kier alpha value is -3.08. The fourth-order valence-electron chi connectivity index (χ4n) is 2.84. The largest absolute Gasteiger partial charge is 0.625 e. The maximum atomic E-state index is 13.4. The average molecular weight is 454 g/mol. The Balaban J connectivity index is 1.80. The molecular weight excluding hydrogens is 427 g/mol. The van der Waals surface area contributed by atoms with Crippen LogP contribution in [0.3, 0.4) is 0 Å². The van der Waals surface area contributed by atoms with Gasteiger partial charge in [-0.25, -0.2) is 9.36 Å². The summed E-state index contributed by atoms with van der Waals surface area (Å²) in [5.74, 6) is 0.354. The Labute approximate surface area is 188 Å². The molecule has 0 N–H and O–H groups in total. The van der Waals surface area contributed by atoms with Crippen LogP contribution in [0.1, 0.15) is 61.0 Å². The van der Waals surface area contributed by atoms with E-state index in [-0.39, 0.29) is 17.1 Å². The van der Waals surface area contributed by atoms with Gasteiger partial charge in [0.25, 0.3) is 0 Å². The van der Waals surface area contributed by atoms with Crippen molar-refractivity contribution in [3.05, 3.63) is 95.6 Å². The standard InChI is InChI=1S/C25H27O6P/c1-18(2)20-10-14-23(15-11-20)29-32(27,30-24-16-12-21(13-17-24)19(3)4)31-28-25(26)22-8-6-5-7-9-22/h5-19H,1-4H3. The van der Waals surface area contributed by atoms with E-state index in [0.29, 0.717) is 11.8 Å². The SMILES string of the molecule is CC(C)c1ccc(OP(=O)(OOC(=O)c2ccccc2)Oc2ccc(C(C)C)cc2)cc1. The van der Waals surface area contributed by atoms with Gasteiger partial charge in [-0.1, -0.05) is 70.2 Å². The van der Waals surface area contributed by atoms with Crippen LogP contribution in [0.2, 0.25) is 0 Å². The first-order valence-electron chi connectivity index (χ1n) is 10.4. The highest BCUT2D eigenvalue weighted by atomic mass is 31.2. The number of rotatable bonds is 9. The molecule has 0 saturated carbocycles. The van der Waals surface area contributed by atoms with Crippen molar-refractivity contribution in [2.24, 2.45) is 0 Å². The predicted octanol–water partition coefficient (Wildman–Crippen LogP) is 7.29. The summed E-state index contributed by atoms with van der Waals surface area (Å²) in [6, 6.07) is 22.3. The van der Waals surface area contributed by atoms with Gasteiger partial charge in [0.2, 0.25) is 0 Å². The molecule has 6 nitrogen and oxygen atoms in total. The van der Waals surface area contributed by atoms with Crippen LogP contribution in [0.5, 0.6) is 11.5 Å². The lowest BCUT2D eigenvalue weighted by Gasteiger charge is -2.18. The number of carbonyl (C=O) groups excluding carboxylic acids is 1. The molecule has 0 unspecified atom stereocenters. The summed E-state index contributed by atoms with van der Waals surface area (Å²) in [7, 11) is -4.36. The number of hydrogen-bond acceptors (Lipinski definition) is 6. The van der Waals surface area contributed by atoms with Crippen LogP contribution in [-0.4, -0.2) is 5.97 Å². The molecule has 3 rings (SSSR count). The lowest BCUT2D eigenvalue weighted by molar-refractivity contribution is -0.163. The Morgan fingerprint density at radius 3 is 1.53 bits per heavy atom. The molecule has 0 bridgehead atoms. The van der Waals surface area contributed by atoms with Gasteiger partial charge in [-0.3, -0.25) is 4.89 Å². The summed E-state index contributed by atoms with van der Waals surface area (Å²) in [6.45, 7) is 8.27. The molecule has 0 saturated heterocycles. The minimum atomic E-state index is -4.36. The van der Waals surface area contributed by atoms with E-state index in [0.717, 1.165) is 11.1 Å². The molecule has 0 spiro atoms. The van der Waals surface area contributed by atoms with Gasteiger partial charge in [0.05, 0.1) is 5.56 Å². The van der Waals surface area contributed by atoms with Gasteiger partial charge in [0.1, 0.15) is 11.5 Å². The maximum absolute atomic E-state index is 13.4. The van der Waals surface area contributed by atoms with Crippen LogP contribution < -0.4 is 9.05 Å². The van der Waals surface area contributed by atoms with Crippen molar-refractivity contribution >= 4 is 13.8 Å². The third kappa shape index (κ3) is 6.46. The Morgan fingerprint density at radius 2 is 1.12 bits per heavy atom. The quantitative estimate of drug-likeness (QED) is 0.192. The molecule has 3 aromatic carbocycles. The second-order valence-electron chi connectivity index (χ2n) is 7.89. The van der Waals surface area contributed by atoms with Gasteiger partial charge in [-0.05, 0) is 64.0 Å². The van der Waals surface area contributed by atoms with E-state index < -0.39 is 13.8 Å². The fraction of sp³-hybridized carbons (Fsp3) is 0.240. The van der Waals surface area contributed by atoms with Gasteiger partial charge >= 0.3 is 13.8 Å². The first-order chi connectivity index (χ1) is 15.3. The van der Waals surface area contributed by atoms with Gasteiger partial charge in [0.15, 0.2) is 0 Å². The summed E-state index contributed by atoms with van der Waals surface area (Å²) in [4.78, 5) is 17.1. The molecule has 0 aliphatic heterocycles. The molecule has 168 valence electrons. The molecular formula is C25H27O6P. The highest BCUT2D eigenvalue weighted by Gasteiger charge is 2.35. The predicted molar refractivity (Wildman–Crippen MR) is 123 cm³/mol. The molecule has 0 radical (unpaired) electrons. The van der Waals surface area contributed by atoms with Crippen LogP contribution in [0, 0.1) is 0 Å². The zero-order valence-corrected chi connectivity index (χ0v) is 19.5. The number of benzene rings is 3. The van der Waals surface area contributed by atoms with E-state index >= 15 is 0 Å². The number of hydrogen-bond donors (Lipinski definition) is 0. The van der Waals surface area contributed by atoms with Gasteiger partial charge < -0.3 is 9.05 Å². The number of phosphoric acid groups is 1. The first-order valence-corrected chi connectivity index (χ1v) is 11.9. The van der Waals surface area contributed by atoms with Gasteiger partial charge in [-0.15, -0.1) is 0 Å². The zero-order chi connectivity index (χ0) is 23.1. The van der Waals surface area contributed by atoms with Crippen molar-refractivity contribution < 1.29 is 28.0 Å². The molecule has 0 aromatic heterocycles. The van der Waals surface area contributed by atoms with Crippen molar-refractivity contribution in [2.45, 2.75) is 39.5 Å². The van der Waals surface area contributed by atoms with Crippen molar-refractivity contribution in [2.75, 3.05) is 0 Å². The summed E-state index contributed by atoms with van der Waals surface area (Å²) < 4.78 is 29.4. The van der Waals surface area contributed by atoms with E-state index in [1.807, 2.05) is 24.3 Å². The maximum Gasteiger partial charge on any atom is 0.625 e. The van der Waals surface area contributed by atoms with Crippen LogP contribution in [0.4, 0.5) is 0 Å². The Kier molecular flexibility index (Phi) is 7.73. The van der Waals surface area contributed by atoms with E-state index in [2.05, 4.69) is 27.7 Å². The fourth-order valence-corrected chi connectivity index (χ4v) is 3.85. The minimum Gasteiger partial charge on any atom is -0.393 e. The van der Waals surface area contributed by atoms with E-state index in [1.54, 1.807) is 54.6 Å². The third-order valence-electron chi connectivity index (χ3n) is 4.74. The normalized spacial score (nSPS) is 11.4. The molecule has 0 atom stereocenters. The summed E-state index contributed by atoms with van der Waals surface area (Å²) >= 11 is 0. The van der Waals surface area contributed by atoms with E-state index in [1.165, 1.54) is 0 Å². The Bertz CT molecular complexity index is 1000. The van der Waals surface area contributed by atoms with Crippen molar-refractivity contribution in [3.63, 3.8) is 0 Å². The highest BCUT2D eigenvalue weighted by molar-refractivity contribution is 7.49. The topological polar surface area (TPSA) is 71.1 Å². The smallest absolute Gasteiger partial charge is 0.393 e. The van der Waals surface area contributed by atoms with Gasteiger partial charge in [0, 0.05) is 0 Å². The van der Waals surface area contributed by atoms with Gasteiger partial charge in [-0.2, -0.15) is 0 Å². The van der Waals surface area contributed by atoms with Crippen LogP contribution >= 0.6 is 7.82 Å². The van der Waals surface area contributed by atoms with E-state index in [9.17, 15) is 9.36 Å². The van der Waals surface area contributed by atoms with Crippen LogP contribution in [0.15, 0.2) is 78.9 Å². The minimum absolute atomic E-state index is 0.238. The molecule has 3 aromatic rings. The van der Waals surface area contributed by atoms with Crippen molar-refractivity contribution in [1.82, 2.24) is 0 Å². The molecule has 0 heterocycles. The molecule has 0 aliphatic carbocycles. The molecule has 0 amide bonds. The Morgan fingerprint density at radius 1 is 0.688 bits per heavy atom. The lowest BCUT2D eigenvalue weighted by atomic mass is 10.0. The second kappa shape index (κ2) is 10.5. The average Bonchev–Trinajstić information content (AvgIpc) is 2.79. The summed E-state index contributed by atoms with van der Waals surface area (Å²) in [5.41, 5.74) is 2.42. The number of phosphoric ester groups is 1. The highest BCUT2D eigenvalue weighted by Crippen LogP contribution is 2.50. The second-order valence-corrected chi connectivity index (χ2v) is 9.30. The van der Waals surface area contributed by atoms with Crippen LogP contribution in [-0.2, 0) is 14.1 Å². The zero-order valence-electron chi connectivity index (χ0n) is 18.6. The first kappa shape index (κ1) is 23.6. The molecule has 7 heteroatoms. The third-order valence-corrected chi connectivity index (χ3v) is 5.87.